The van der Waals surface area contributed by atoms with Crippen LogP contribution in [0.25, 0.3) is 0 Å². The number of ether oxygens (including phenoxy) is 1. The van der Waals surface area contributed by atoms with Gasteiger partial charge in [-0.1, -0.05) is 42.5 Å². The van der Waals surface area contributed by atoms with Gasteiger partial charge in [0.25, 0.3) is 0 Å². The number of para-hydroxylation sites is 2. The molecule has 0 bridgehead atoms. The van der Waals surface area contributed by atoms with E-state index in [2.05, 4.69) is 5.32 Å². The van der Waals surface area contributed by atoms with Crippen LogP contribution in [0.3, 0.4) is 0 Å². The van der Waals surface area contributed by atoms with Crippen molar-refractivity contribution in [3.8, 4) is 5.75 Å². The lowest BCUT2D eigenvalue weighted by molar-refractivity contribution is -0.137. The molecule has 4 nitrogen and oxygen atoms in total. The zero-order valence-corrected chi connectivity index (χ0v) is 11.2. The zero-order chi connectivity index (χ0) is 14.4. The van der Waals surface area contributed by atoms with Gasteiger partial charge in [-0.05, 0) is 24.6 Å². The van der Waals surface area contributed by atoms with Crippen LogP contribution in [0.5, 0.6) is 5.75 Å². The van der Waals surface area contributed by atoms with E-state index in [0.29, 0.717) is 18.0 Å². The van der Waals surface area contributed by atoms with Crippen molar-refractivity contribution in [2.75, 3.05) is 5.32 Å². The highest BCUT2D eigenvalue weighted by atomic mass is 16.5. The number of aliphatic carboxylic acids is 1. The molecule has 0 heterocycles. The molecule has 0 aliphatic rings. The molecule has 2 aromatic rings. The van der Waals surface area contributed by atoms with Crippen LogP contribution in [0.4, 0.5) is 5.69 Å². The summed E-state index contributed by atoms with van der Waals surface area (Å²) in [5.41, 5.74) is 1.74. The molecular formula is C16H17NO3. The number of benzene rings is 2. The smallest absolute Gasteiger partial charge is 0.325 e. The Morgan fingerprint density at radius 2 is 1.80 bits per heavy atom. The molecule has 104 valence electrons. The van der Waals surface area contributed by atoms with Crippen LogP contribution >= 0.6 is 0 Å². The Labute approximate surface area is 118 Å². The molecule has 0 fully saturated rings. The molecule has 0 aromatic heterocycles. The Balaban J connectivity index is 2.06. The van der Waals surface area contributed by atoms with E-state index < -0.39 is 12.0 Å². The Hall–Kier alpha value is -2.49. The van der Waals surface area contributed by atoms with Gasteiger partial charge in [0.2, 0.25) is 0 Å². The summed E-state index contributed by atoms with van der Waals surface area (Å²) in [6.07, 6.45) is 0. The van der Waals surface area contributed by atoms with E-state index in [4.69, 9.17) is 9.84 Å². The van der Waals surface area contributed by atoms with E-state index in [1.807, 2.05) is 48.5 Å². The lowest BCUT2D eigenvalue weighted by Crippen LogP contribution is -2.25. The maximum absolute atomic E-state index is 10.9. The van der Waals surface area contributed by atoms with Crippen LogP contribution < -0.4 is 10.1 Å². The van der Waals surface area contributed by atoms with Crippen LogP contribution in [-0.4, -0.2) is 17.1 Å². The number of carbonyl (C=O) groups is 1. The second-order valence-electron chi connectivity index (χ2n) is 4.47. The minimum atomic E-state index is -0.900. The van der Waals surface area contributed by atoms with Gasteiger partial charge in [-0.25, -0.2) is 0 Å². The van der Waals surface area contributed by atoms with Gasteiger partial charge < -0.3 is 15.2 Å². The maximum atomic E-state index is 10.9. The molecule has 0 saturated heterocycles. The Morgan fingerprint density at radius 1 is 1.15 bits per heavy atom. The Kier molecular flexibility index (Phi) is 4.60. The molecule has 2 aromatic carbocycles. The lowest BCUT2D eigenvalue weighted by Gasteiger charge is -2.15. The minimum Gasteiger partial charge on any atom is -0.487 e. The van der Waals surface area contributed by atoms with Crippen molar-refractivity contribution in [1.82, 2.24) is 0 Å². The van der Waals surface area contributed by atoms with Gasteiger partial charge in [-0.2, -0.15) is 0 Å². The molecular weight excluding hydrogens is 254 g/mol. The van der Waals surface area contributed by atoms with E-state index in [0.717, 1.165) is 5.56 Å². The molecule has 2 rings (SSSR count). The van der Waals surface area contributed by atoms with Crippen molar-refractivity contribution in [2.45, 2.75) is 19.6 Å². The number of hydrogen-bond donors (Lipinski definition) is 2. The quantitative estimate of drug-likeness (QED) is 0.847. The normalized spacial score (nSPS) is 11.7. The first-order valence-corrected chi connectivity index (χ1v) is 6.42. The summed E-state index contributed by atoms with van der Waals surface area (Å²) in [6.45, 7) is 2.04. The third-order valence-corrected chi connectivity index (χ3v) is 2.87. The van der Waals surface area contributed by atoms with E-state index in [9.17, 15) is 4.79 Å². The molecule has 20 heavy (non-hydrogen) atoms. The second kappa shape index (κ2) is 6.61. The minimum absolute atomic E-state index is 0.445. The number of nitrogens with one attached hydrogen (secondary N) is 1. The predicted molar refractivity (Wildman–Crippen MR) is 77.9 cm³/mol. The summed E-state index contributed by atoms with van der Waals surface area (Å²) in [6, 6.07) is 16.5. The molecule has 0 spiro atoms. The fourth-order valence-corrected chi connectivity index (χ4v) is 1.74. The van der Waals surface area contributed by atoms with Crippen LogP contribution in [0.15, 0.2) is 54.6 Å². The summed E-state index contributed by atoms with van der Waals surface area (Å²) in [4.78, 5) is 10.9. The molecule has 0 amide bonds. The molecule has 0 radical (unpaired) electrons. The molecule has 1 atom stereocenters. The van der Waals surface area contributed by atoms with E-state index in [-0.39, 0.29) is 0 Å². The third kappa shape index (κ3) is 3.75. The first-order valence-electron chi connectivity index (χ1n) is 6.42. The number of carboxylic acids is 1. The Morgan fingerprint density at radius 3 is 2.50 bits per heavy atom. The zero-order valence-electron chi connectivity index (χ0n) is 11.2. The average Bonchev–Trinajstić information content (AvgIpc) is 2.47. The molecule has 4 heteroatoms. The predicted octanol–water partition coefficient (Wildman–Crippen LogP) is 3.15. The van der Waals surface area contributed by atoms with Crippen molar-refractivity contribution >= 4 is 11.7 Å². The van der Waals surface area contributed by atoms with Gasteiger partial charge in [0.1, 0.15) is 18.4 Å². The van der Waals surface area contributed by atoms with Crippen molar-refractivity contribution in [3.63, 3.8) is 0 Å². The first kappa shape index (κ1) is 13.9. The molecule has 0 aliphatic carbocycles. The number of rotatable bonds is 6. The summed E-state index contributed by atoms with van der Waals surface area (Å²) in [7, 11) is 0. The maximum Gasteiger partial charge on any atom is 0.325 e. The monoisotopic (exact) mass is 271 g/mol. The van der Waals surface area contributed by atoms with Crippen molar-refractivity contribution < 1.29 is 14.6 Å². The highest BCUT2D eigenvalue weighted by Gasteiger charge is 2.12. The Bertz CT molecular complexity index is 569. The summed E-state index contributed by atoms with van der Waals surface area (Å²) < 4.78 is 5.75. The van der Waals surface area contributed by atoms with E-state index in [1.54, 1.807) is 13.0 Å². The standard InChI is InChI=1S/C16H17NO3/c1-12(16(18)19)17-14-9-5-6-10-15(14)20-11-13-7-3-2-4-8-13/h2-10,12,17H,11H2,1H3,(H,18,19). The first-order chi connectivity index (χ1) is 9.66. The molecule has 2 N–H and O–H groups in total. The van der Waals surface area contributed by atoms with Gasteiger partial charge >= 0.3 is 5.97 Å². The molecule has 0 saturated carbocycles. The fraction of sp³-hybridized carbons (Fsp3) is 0.188. The van der Waals surface area contributed by atoms with Crippen LogP contribution in [0.1, 0.15) is 12.5 Å². The van der Waals surface area contributed by atoms with Crippen molar-refractivity contribution in [3.05, 3.63) is 60.2 Å². The van der Waals surface area contributed by atoms with Gasteiger partial charge in [0.15, 0.2) is 0 Å². The number of hydrogen-bond acceptors (Lipinski definition) is 3. The van der Waals surface area contributed by atoms with Gasteiger partial charge in [0, 0.05) is 0 Å². The average molecular weight is 271 g/mol. The largest absolute Gasteiger partial charge is 0.487 e. The van der Waals surface area contributed by atoms with Crippen LogP contribution in [0.2, 0.25) is 0 Å². The van der Waals surface area contributed by atoms with E-state index >= 15 is 0 Å². The fourth-order valence-electron chi connectivity index (χ4n) is 1.74. The highest BCUT2D eigenvalue weighted by Crippen LogP contribution is 2.25. The van der Waals surface area contributed by atoms with Gasteiger partial charge in [-0.3, -0.25) is 4.79 Å². The van der Waals surface area contributed by atoms with E-state index in [1.165, 1.54) is 0 Å². The molecule has 0 aliphatic heterocycles. The third-order valence-electron chi connectivity index (χ3n) is 2.87. The summed E-state index contributed by atoms with van der Waals surface area (Å²) >= 11 is 0. The van der Waals surface area contributed by atoms with Crippen molar-refractivity contribution in [1.29, 1.82) is 0 Å². The SMILES string of the molecule is CC(Nc1ccccc1OCc1ccccc1)C(=O)O. The van der Waals surface area contributed by atoms with Crippen LogP contribution in [-0.2, 0) is 11.4 Å². The molecule has 1 unspecified atom stereocenters. The summed E-state index contributed by atoms with van der Waals surface area (Å²) in [5.74, 6) is -0.257. The second-order valence-corrected chi connectivity index (χ2v) is 4.47. The highest BCUT2D eigenvalue weighted by molar-refractivity contribution is 5.77. The topological polar surface area (TPSA) is 58.6 Å². The summed E-state index contributed by atoms with van der Waals surface area (Å²) in [5, 5.41) is 11.9. The number of carboxylic acid groups (broad SMARTS) is 1. The van der Waals surface area contributed by atoms with Gasteiger partial charge in [0.05, 0.1) is 5.69 Å². The van der Waals surface area contributed by atoms with Crippen LogP contribution in [0, 0.1) is 0 Å². The van der Waals surface area contributed by atoms with Gasteiger partial charge in [-0.15, -0.1) is 0 Å². The number of anilines is 1. The lowest BCUT2D eigenvalue weighted by atomic mass is 10.2. The van der Waals surface area contributed by atoms with Crippen molar-refractivity contribution in [2.24, 2.45) is 0 Å².